The fraction of sp³-hybridized carbons (Fsp3) is 0.321. The Hall–Kier alpha value is -3.82. The van der Waals surface area contributed by atoms with Gasteiger partial charge in [-0.1, -0.05) is 12.1 Å². The molecule has 2 aromatic heterocycles. The lowest BCUT2D eigenvalue weighted by atomic mass is 10.0. The smallest absolute Gasteiger partial charge is 0.253 e. The standard InChI is InChI=1S/C28H31FN6O2/c1-33(2)9-10-34-11-13-35(14-12-34)28(36)20-6-4-5-19(15-20)21-16-24-26(31-32-27(24)30-18-21)23-17-22(29)7-8-25(23)37-3/h4-8,15-18H,9-14H2,1-3H3,(H,30,31,32). The van der Waals surface area contributed by atoms with Gasteiger partial charge in [0, 0.05) is 67.5 Å². The lowest BCUT2D eigenvalue weighted by molar-refractivity contribution is 0.0630. The molecule has 0 bridgehead atoms. The Morgan fingerprint density at radius 2 is 1.89 bits per heavy atom. The van der Waals surface area contributed by atoms with Gasteiger partial charge in [0.1, 0.15) is 11.6 Å². The van der Waals surface area contributed by atoms with Crippen LogP contribution in [-0.2, 0) is 0 Å². The van der Waals surface area contributed by atoms with Crippen LogP contribution >= 0.6 is 0 Å². The van der Waals surface area contributed by atoms with Crippen LogP contribution in [0.2, 0.25) is 0 Å². The second-order valence-electron chi connectivity index (χ2n) is 9.56. The number of aromatic amines is 1. The van der Waals surface area contributed by atoms with Crippen LogP contribution in [-0.4, -0.2) is 96.3 Å². The fourth-order valence-electron chi connectivity index (χ4n) is 4.67. The summed E-state index contributed by atoms with van der Waals surface area (Å²) < 4.78 is 19.5. The van der Waals surface area contributed by atoms with Crippen LogP contribution in [0, 0.1) is 5.82 Å². The molecule has 0 radical (unpaired) electrons. The number of rotatable bonds is 7. The average Bonchev–Trinajstić information content (AvgIpc) is 3.35. The molecular weight excluding hydrogens is 471 g/mol. The topological polar surface area (TPSA) is 77.6 Å². The number of aromatic nitrogens is 3. The van der Waals surface area contributed by atoms with Crippen molar-refractivity contribution in [1.82, 2.24) is 29.9 Å². The van der Waals surface area contributed by atoms with E-state index >= 15 is 0 Å². The first kappa shape index (κ1) is 24.9. The van der Waals surface area contributed by atoms with Crippen molar-refractivity contribution in [2.24, 2.45) is 0 Å². The molecule has 1 aliphatic rings. The van der Waals surface area contributed by atoms with E-state index in [0.717, 1.165) is 55.8 Å². The number of ether oxygens (including phenoxy) is 1. The minimum absolute atomic E-state index is 0.0386. The van der Waals surface area contributed by atoms with Crippen LogP contribution in [0.5, 0.6) is 5.75 Å². The van der Waals surface area contributed by atoms with Gasteiger partial charge in [-0.2, -0.15) is 5.10 Å². The molecule has 2 aromatic carbocycles. The number of pyridine rings is 1. The van der Waals surface area contributed by atoms with Gasteiger partial charge in [0.25, 0.3) is 5.91 Å². The first-order chi connectivity index (χ1) is 17.9. The normalized spacial score (nSPS) is 14.5. The zero-order valence-electron chi connectivity index (χ0n) is 21.4. The van der Waals surface area contributed by atoms with Crippen molar-refractivity contribution in [3.05, 3.63) is 66.1 Å². The van der Waals surface area contributed by atoms with E-state index in [-0.39, 0.29) is 11.7 Å². The van der Waals surface area contributed by atoms with Gasteiger partial charge in [0.05, 0.1) is 12.8 Å². The number of fused-ring (bicyclic) bond motifs is 1. The monoisotopic (exact) mass is 502 g/mol. The molecule has 8 nitrogen and oxygen atoms in total. The van der Waals surface area contributed by atoms with Crippen LogP contribution in [0.1, 0.15) is 10.4 Å². The summed E-state index contributed by atoms with van der Waals surface area (Å²) in [5.41, 5.74) is 4.08. The highest BCUT2D eigenvalue weighted by Crippen LogP contribution is 2.35. The Labute approximate surface area is 215 Å². The van der Waals surface area contributed by atoms with Gasteiger partial charge in [-0.05, 0) is 56.1 Å². The van der Waals surface area contributed by atoms with Gasteiger partial charge >= 0.3 is 0 Å². The number of H-pyrrole nitrogens is 1. The lowest BCUT2D eigenvalue weighted by Crippen LogP contribution is -2.49. The predicted molar refractivity (Wildman–Crippen MR) is 142 cm³/mol. The Morgan fingerprint density at radius 3 is 2.65 bits per heavy atom. The maximum absolute atomic E-state index is 14.0. The van der Waals surface area contributed by atoms with E-state index in [4.69, 9.17) is 4.74 Å². The molecule has 4 aromatic rings. The molecular formula is C28H31FN6O2. The van der Waals surface area contributed by atoms with Crippen molar-refractivity contribution in [3.63, 3.8) is 0 Å². The maximum Gasteiger partial charge on any atom is 0.253 e. The summed E-state index contributed by atoms with van der Waals surface area (Å²) in [6.07, 6.45) is 1.74. The van der Waals surface area contributed by atoms with Crippen LogP contribution in [0.4, 0.5) is 4.39 Å². The van der Waals surface area contributed by atoms with Gasteiger partial charge < -0.3 is 14.5 Å². The van der Waals surface area contributed by atoms with Crippen LogP contribution in [0.15, 0.2) is 54.7 Å². The van der Waals surface area contributed by atoms with Gasteiger partial charge in [-0.25, -0.2) is 9.37 Å². The van der Waals surface area contributed by atoms with Crippen molar-refractivity contribution < 1.29 is 13.9 Å². The molecule has 1 saturated heterocycles. The zero-order valence-corrected chi connectivity index (χ0v) is 21.4. The lowest BCUT2D eigenvalue weighted by Gasteiger charge is -2.35. The SMILES string of the molecule is COc1ccc(F)cc1-c1[nH]nc2ncc(-c3cccc(C(=O)N4CCN(CCN(C)C)CC4)c3)cc12. The van der Waals surface area contributed by atoms with Gasteiger partial charge in [-0.15, -0.1) is 0 Å². The predicted octanol–water partition coefficient (Wildman–Crippen LogP) is 3.76. The Kier molecular flexibility index (Phi) is 7.16. The minimum Gasteiger partial charge on any atom is -0.496 e. The molecule has 0 unspecified atom stereocenters. The van der Waals surface area contributed by atoms with Crippen molar-refractivity contribution in [2.45, 2.75) is 0 Å². The molecule has 5 rings (SSSR count). The number of benzene rings is 2. The summed E-state index contributed by atoms with van der Waals surface area (Å²) >= 11 is 0. The van der Waals surface area contributed by atoms with E-state index in [9.17, 15) is 9.18 Å². The Bertz CT molecular complexity index is 1410. The second kappa shape index (κ2) is 10.7. The summed E-state index contributed by atoms with van der Waals surface area (Å²) in [6, 6.07) is 13.9. The number of nitrogens with one attached hydrogen (secondary N) is 1. The molecule has 192 valence electrons. The van der Waals surface area contributed by atoms with E-state index in [0.29, 0.717) is 28.2 Å². The molecule has 0 saturated carbocycles. The Balaban J connectivity index is 1.38. The van der Waals surface area contributed by atoms with Gasteiger partial charge in [0.2, 0.25) is 0 Å². The van der Waals surface area contributed by atoms with E-state index in [1.807, 2.05) is 35.2 Å². The molecule has 0 spiro atoms. The summed E-state index contributed by atoms with van der Waals surface area (Å²) in [5, 5.41) is 8.01. The fourth-order valence-corrected chi connectivity index (χ4v) is 4.67. The van der Waals surface area contributed by atoms with E-state index in [2.05, 4.69) is 39.1 Å². The summed E-state index contributed by atoms with van der Waals surface area (Å²) in [5.74, 6) is 0.204. The number of piperazine rings is 1. The average molecular weight is 503 g/mol. The van der Waals surface area contributed by atoms with E-state index in [1.54, 1.807) is 19.4 Å². The minimum atomic E-state index is -0.368. The number of carbonyl (C=O) groups is 1. The van der Waals surface area contributed by atoms with E-state index < -0.39 is 0 Å². The number of carbonyl (C=O) groups excluding carboxylic acids is 1. The number of methoxy groups -OCH3 is 1. The van der Waals surface area contributed by atoms with E-state index in [1.165, 1.54) is 12.1 Å². The molecule has 0 aliphatic carbocycles. The third-order valence-electron chi connectivity index (χ3n) is 6.81. The number of halogens is 1. The summed E-state index contributed by atoms with van der Waals surface area (Å²) in [4.78, 5) is 24.3. The second-order valence-corrected chi connectivity index (χ2v) is 9.56. The van der Waals surface area contributed by atoms with Crippen LogP contribution in [0.25, 0.3) is 33.4 Å². The molecule has 3 heterocycles. The third kappa shape index (κ3) is 5.33. The number of amides is 1. The maximum atomic E-state index is 14.0. The Morgan fingerprint density at radius 1 is 1.08 bits per heavy atom. The molecule has 9 heteroatoms. The molecule has 1 N–H and O–H groups in total. The summed E-state index contributed by atoms with van der Waals surface area (Å²) in [7, 11) is 5.70. The van der Waals surface area contributed by atoms with Crippen LogP contribution < -0.4 is 4.74 Å². The van der Waals surface area contributed by atoms with Crippen molar-refractivity contribution >= 4 is 16.9 Å². The highest BCUT2D eigenvalue weighted by atomic mass is 19.1. The highest BCUT2D eigenvalue weighted by Gasteiger charge is 2.22. The van der Waals surface area contributed by atoms with Crippen LogP contribution in [0.3, 0.4) is 0 Å². The number of hydrogen-bond acceptors (Lipinski definition) is 6. The van der Waals surface area contributed by atoms with Gasteiger partial charge in [0.15, 0.2) is 5.65 Å². The molecule has 1 fully saturated rings. The van der Waals surface area contributed by atoms with Crippen molar-refractivity contribution in [3.8, 4) is 28.1 Å². The van der Waals surface area contributed by atoms with Crippen molar-refractivity contribution in [2.75, 3.05) is 60.5 Å². The number of likely N-dealkylation sites (N-methyl/N-ethyl adjacent to an activating group) is 1. The number of hydrogen-bond donors (Lipinski definition) is 1. The quantitative estimate of drug-likeness (QED) is 0.415. The zero-order chi connectivity index (χ0) is 25.9. The van der Waals surface area contributed by atoms with Crippen molar-refractivity contribution in [1.29, 1.82) is 0 Å². The third-order valence-corrected chi connectivity index (χ3v) is 6.81. The highest BCUT2D eigenvalue weighted by molar-refractivity contribution is 5.97. The largest absolute Gasteiger partial charge is 0.496 e. The molecule has 37 heavy (non-hydrogen) atoms. The van der Waals surface area contributed by atoms with Gasteiger partial charge in [-0.3, -0.25) is 14.8 Å². The summed E-state index contributed by atoms with van der Waals surface area (Å²) in [6.45, 7) is 5.23. The molecule has 0 atom stereocenters. The first-order valence-electron chi connectivity index (χ1n) is 12.4. The number of nitrogens with zero attached hydrogens (tertiary/aromatic N) is 5. The molecule has 1 amide bonds. The first-order valence-corrected chi connectivity index (χ1v) is 12.4. The molecule has 1 aliphatic heterocycles.